The van der Waals surface area contributed by atoms with Crippen LogP contribution in [0.25, 0.3) is 27.8 Å². The first-order valence-corrected chi connectivity index (χ1v) is 11.6. The SMILES string of the molecule is CNc1ccc2nc(-c3cnc(NC)c4cnc(Nc5cccc(OCCCC(=O)O)n5)cc34)nn2c1. The van der Waals surface area contributed by atoms with Crippen LogP contribution in [0.5, 0.6) is 5.88 Å². The molecule has 0 radical (unpaired) electrons. The number of carboxylic acid groups (broad SMARTS) is 1. The maximum absolute atomic E-state index is 10.7. The Balaban J connectivity index is 1.46. The lowest BCUT2D eigenvalue weighted by atomic mass is 10.1. The maximum Gasteiger partial charge on any atom is 0.303 e. The number of aromatic nitrogens is 6. The zero-order valence-corrected chi connectivity index (χ0v) is 20.3. The number of nitrogens with zero attached hydrogens (tertiary/aromatic N) is 6. The van der Waals surface area contributed by atoms with Crippen LogP contribution in [0.3, 0.4) is 0 Å². The molecule has 188 valence electrons. The Hall–Kier alpha value is -5.00. The summed E-state index contributed by atoms with van der Waals surface area (Å²) in [5.41, 5.74) is 2.41. The predicted octanol–water partition coefficient (Wildman–Crippen LogP) is 3.81. The number of anilines is 4. The van der Waals surface area contributed by atoms with Crippen molar-refractivity contribution in [3.8, 4) is 17.3 Å². The van der Waals surface area contributed by atoms with Gasteiger partial charge in [0, 0.05) is 55.3 Å². The van der Waals surface area contributed by atoms with Crippen molar-refractivity contribution in [3.05, 3.63) is 55.0 Å². The van der Waals surface area contributed by atoms with E-state index in [1.54, 1.807) is 35.1 Å². The Kier molecular flexibility index (Phi) is 6.62. The molecule has 0 spiro atoms. The quantitative estimate of drug-likeness (QED) is 0.208. The fourth-order valence-electron chi connectivity index (χ4n) is 3.82. The highest BCUT2D eigenvalue weighted by atomic mass is 16.5. The fraction of sp³-hybridized carbons (Fsp3) is 0.200. The Morgan fingerprint density at radius 2 is 1.92 bits per heavy atom. The molecule has 0 amide bonds. The smallest absolute Gasteiger partial charge is 0.303 e. The van der Waals surface area contributed by atoms with Gasteiger partial charge in [0.05, 0.1) is 18.5 Å². The highest BCUT2D eigenvalue weighted by Gasteiger charge is 2.15. The summed E-state index contributed by atoms with van der Waals surface area (Å²) in [5.74, 6) is 1.88. The second-order valence-corrected chi connectivity index (χ2v) is 8.12. The van der Waals surface area contributed by atoms with Gasteiger partial charge in [0.25, 0.3) is 0 Å². The second kappa shape index (κ2) is 10.3. The van der Waals surface area contributed by atoms with Crippen LogP contribution in [0.2, 0.25) is 0 Å². The predicted molar refractivity (Wildman–Crippen MR) is 140 cm³/mol. The van der Waals surface area contributed by atoms with Crippen molar-refractivity contribution in [2.24, 2.45) is 0 Å². The van der Waals surface area contributed by atoms with Crippen molar-refractivity contribution in [2.75, 3.05) is 36.7 Å². The van der Waals surface area contributed by atoms with Crippen molar-refractivity contribution < 1.29 is 14.6 Å². The lowest BCUT2D eigenvalue weighted by molar-refractivity contribution is -0.137. The largest absolute Gasteiger partial charge is 0.481 e. The minimum Gasteiger partial charge on any atom is -0.481 e. The molecule has 12 nitrogen and oxygen atoms in total. The molecule has 12 heteroatoms. The molecule has 0 bridgehead atoms. The van der Waals surface area contributed by atoms with Crippen molar-refractivity contribution in [1.29, 1.82) is 0 Å². The molecule has 0 saturated heterocycles. The summed E-state index contributed by atoms with van der Waals surface area (Å²) >= 11 is 0. The molecule has 0 aromatic carbocycles. The van der Waals surface area contributed by atoms with Gasteiger partial charge in [-0.1, -0.05) is 6.07 Å². The number of fused-ring (bicyclic) bond motifs is 2. The number of nitrogens with one attached hydrogen (secondary N) is 3. The van der Waals surface area contributed by atoms with Gasteiger partial charge < -0.3 is 25.8 Å². The van der Waals surface area contributed by atoms with Crippen LogP contribution in [0.4, 0.5) is 23.1 Å². The number of carbonyl (C=O) groups is 1. The first kappa shape index (κ1) is 23.7. The minimum absolute atomic E-state index is 0.0442. The average molecular weight is 500 g/mol. The fourth-order valence-corrected chi connectivity index (χ4v) is 3.82. The highest BCUT2D eigenvalue weighted by molar-refractivity contribution is 6.01. The van der Waals surface area contributed by atoms with E-state index in [-0.39, 0.29) is 13.0 Å². The van der Waals surface area contributed by atoms with Gasteiger partial charge in [-0.05, 0) is 30.7 Å². The monoisotopic (exact) mass is 499 g/mol. The molecule has 5 aromatic rings. The molecule has 0 aliphatic carbocycles. The van der Waals surface area contributed by atoms with Gasteiger partial charge in [-0.3, -0.25) is 4.79 Å². The van der Waals surface area contributed by atoms with E-state index in [9.17, 15) is 4.79 Å². The number of aliphatic carboxylic acids is 1. The van der Waals surface area contributed by atoms with Gasteiger partial charge in [-0.25, -0.2) is 19.5 Å². The van der Waals surface area contributed by atoms with Crippen molar-refractivity contribution >= 4 is 45.5 Å². The standard InChI is InChI=1S/C25H25N9O3/c1-26-15-8-9-21-32-25(33-34(21)14-15)18-13-29-24(27-2)17-12-28-20(11-16(17)18)30-19-5-3-6-22(31-19)37-10-4-7-23(35)36/h3,5-6,8-9,11-14,26H,4,7,10H2,1-2H3,(H,27,29)(H,35,36)(H,28,30,31). The topological polar surface area (TPSA) is 151 Å². The molecular weight excluding hydrogens is 474 g/mol. The summed E-state index contributed by atoms with van der Waals surface area (Å²) in [7, 11) is 3.66. The van der Waals surface area contributed by atoms with E-state index in [1.807, 2.05) is 38.5 Å². The molecule has 0 saturated carbocycles. The van der Waals surface area contributed by atoms with Crippen molar-refractivity contribution in [2.45, 2.75) is 12.8 Å². The molecule has 4 N–H and O–H groups in total. The van der Waals surface area contributed by atoms with Crippen LogP contribution in [0, 0.1) is 0 Å². The van der Waals surface area contributed by atoms with E-state index in [1.165, 1.54) is 0 Å². The van der Waals surface area contributed by atoms with Crippen LogP contribution in [0.1, 0.15) is 12.8 Å². The van der Waals surface area contributed by atoms with Crippen LogP contribution >= 0.6 is 0 Å². The van der Waals surface area contributed by atoms with Crippen molar-refractivity contribution in [3.63, 3.8) is 0 Å². The van der Waals surface area contributed by atoms with E-state index in [0.717, 1.165) is 27.7 Å². The average Bonchev–Trinajstić information content (AvgIpc) is 3.33. The number of hydrogen-bond acceptors (Lipinski definition) is 10. The molecule has 37 heavy (non-hydrogen) atoms. The molecule has 5 heterocycles. The molecule has 0 fully saturated rings. The molecule has 0 aliphatic rings. The Labute approximate surface area is 211 Å². The summed E-state index contributed by atoms with van der Waals surface area (Å²) in [6, 6.07) is 11.1. The minimum atomic E-state index is -0.855. The third-order valence-electron chi connectivity index (χ3n) is 5.63. The summed E-state index contributed by atoms with van der Waals surface area (Å²) in [6.45, 7) is 0.266. The van der Waals surface area contributed by atoms with Crippen LogP contribution in [-0.2, 0) is 4.79 Å². The van der Waals surface area contributed by atoms with Crippen LogP contribution < -0.4 is 20.7 Å². The molecule has 0 aliphatic heterocycles. The van der Waals surface area contributed by atoms with Gasteiger partial charge in [0.15, 0.2) is 11.5 Å². The van der Waals surface area contributed by atoms with Gasteiger partial charge >= 0.3 is 5.97 Å². The molecule has 5 rings (SSSR count). The number of hydrogen-bond donors (Lipinski definition) is 4. The zero-order valence-electron chi connectivity index (χ0n) is 20.3. The van der Waals surface area contributed by atoms with Gasteiger partial charge in [-0.15, -0.1) is 5.10 Å². The normalized spacial score (nSPS) is 11.0. The summed E-state index contributed by atoms with van der Waals surface area (Å²) in [4.78, 5) is 28.9. The molecule has 0 atom stereocenters. The van der Waals surface area contributed by atoms with Gasteiger partial charge in [0.1, 0.15) is 17.5 Å². The third-order valence-corrected chi connectivity index (χ3v) is 5.63. The van der Waals surface area contributed by atoms with Gasteiger partial charge in [0.2, 0.25) is 5.88 Å². The summed E-state index contributed by atoms with van der Waals surface area (Å²) < 4.78 is 7.31. The first-order chi connectivity index (χ1) is 18.0. The van der Waals surface area contributed by atoms with E-state index >= 15 is 0 Å². The Bertz CT molecular complexity index is 1590. The van der Waals surface area contributed by atoms with Gasteiger partial charge in [-0.2, -0.15) is 4.98 Å². The van der Waals surface area contributed by atoms with E-state index in [4.69, 9.17) is 14.8 Å². The second-order valence-electron chi connectivity index (χ2n) is 8.12. The number of rotatable bonds is 10. The summed E-state index contributed by atoms with van der Waals surface area (Å²) in [6.07, 6.45) is 5.80. The number of carboxylic acids is 1. The van der Waals surface area contributed by atoms with E-state index in [2.05, 4.69) is 36.0 Å². The maximum atomic E-state index is 10.7. The van der Waals surface area contributed by atoms with Crippen molar-refractivity contribution in [1.82, 2.24) is 29.5 Å². The van der Waals surface area contributed by atoms with Crippen LogP contribution in [0.15, 0.2) is 55.0 Å². The van der Waals surface area contributed by atoms with E-state index in [0.29, 0.717) is 35.6 Å². The summed E-state index contributed by atoms with van der Waals surface area (Å²) in [5, 5.41) is 24.5. The molecular formula is C25H25N9O3. The lowest BCUT2D eigenvalue weighted by Gasteiger charge is -2.11. The Morgan fingerprint density at radius 1 is 1.03 bits per heavy atom. The van der Waals surface area contributed by atoms with E-state index < -0.39 is 5.97 Å². The Morgan fingerprint density at radius 3 is 2.73 bits per heavy atom. The lowest BCUT2D eigenvalue weighted by Crippen LogP contribution is -2.04. The molecule has 0 unspecified atom stereocenters. The number of ether oxygens (including phenoxy) is 1. The van der Waals surface area contributed by atoms with Crippen LogP contribution in [-0.4, -0.2) is 61.3 Å². The first-order valence-electron chi connectivity index (χ1n) is 11.6. The molecule has 5 aromatic heterocycles. The zero-order chi connectivity index (χ0) is 25.8. The highest BCUT2D eigenvalue weighted by Crippen LogP contribution is 2.32. The number of pyridine rings is 4. The third kappa shape index (κ3) is 5.17.